The molecule has 0 saturated carbocycles. The number of nitrogens with one attached hydrogen (secondary N) is 1. The lowest BCUT2D eigenvalue weighted by Crippen LogP contribution is -2.32. The Morgan fingerprint density at radius 2 is 1.96 bits per heavy atom. The zero-order valence-corrected chi connectivity index (χ0v) is 15.1. The zero-order chi connectivity index (χ0) is 18.5. The van der Waals surface area contributed by atoms with Crippen molar-refractivity contribution in [2.24, 2.45) is 0 Å². The van der Waals surface area contributed by atoms with Crippen LogP contribution in [0.25, 0.3) is 22.2 Å². The second-order valence-electron chi connectivity index (χ2n) is 6.31. The number of hydrogen-bond acceptors (Lipinski definition) is 3. The SMILES string of the molecule is CCCN(CCC)C(=O)c1cccc(-c2cnc3[nH]cc(C#N)c3c2)c1. The number of carbonyl (C=O) groups is 1. The highest BCUT2D eigenvalue weighted by Crippen LogP contribution is 2.25. The molecule has 0 radical (unpaired) electrons. The minimum atomic E-state index is 0.0592. The number of aromatic nitrogens is 2. The maximum absolute atomic E-state index is 12.8. The van der Waals surface area contributed by atoms with Gasteiger partial charge in [-0.05, 0) is 36.6 Å². The van der Waals surface area contributed by atoms with Crippen molar-refractivity contribution >= 4 is 16.9 Å². The van der Waals surface area contributed by atoms with E-state index in [0.29, 0.717) is 16.8 Å². The minimum absolute atomic E-state index is 0.0592. The summed E-state index contributed by atoms with van der Waals surface area (Å²) in [5.74, 6) is 0.0592. The van der Waals surface area contributed by atoms with Gasteiger partial charge in [-0.15, -0.1) is 0 Å². The molecule has 3 aromatic rings. The lowest BCUT2D eigenvalue weighted by Gasteiger charge is -2.21. The normalized spacial score (nSPS) is 10.7. The largest absolute Gasteiger partial charge is 0.345 e. The summed E-state index contributed by atoms with van der Waals surface area (Å²) in [5.41, 5.74) is 3.75. The molecule has 2 heterocycles. The molecule has 0 aliphatic heterocycles. The van der Waals surface area contributed by atoms with Crippen molar-refractivity contribution in [3.8, 4) is 17.2 Å². The second kappa shape index (κ2) is 7.83. The number of rotatable bonds is 6. The summed E-state index contributed by atoms with van der Waals surface area (Å²) < 4.78 is 0. The van der Waals surface area contributed by atoms with Crippen LogP contribution in [-0.4, -0.2) is 33.9 Å². The molecule has 5 heteroatoms. The van der Waals surface area contributed by atoms with Gasteiger partial charge < -0.3 is 9.88 Å². The topological polar surface area (TPSA) is 72.8 Å². The van der Waals surface area contributed by atoms with Crippen LogP contribution in [0.1, 0.15) is 42.6 Å². The van der Waals surface area contributed by atoms with Gasteiger partial charge in [0.1, 0.15) is 11.7 Å². The first-order valence-corrected chi connectivity index (χ1v) is 8.94. The molecule has 26 heavy (non-hydrogen) atoms. The number of benzene rings is 1. The van der Waals surface area contributed by atoms with Gasteiger partial charge in [-0.2, -0.15) is 5.26 Å². The first kappa shape index (κ1) is 17.7. The van der Waals surface area contributed by atoms with E-state index in [9.17, 15) is 10.1 Å². The maximum Gasteiger partial charge on any atom is 0.253 e. The van der Waals surface area contributed by atoms with E-state index in [1.165, 1.54) is 0 Å². The molecule has 0 saturated heterocycles. The molecule has 0 fully saturated rings. The first-order valence-electron chi connectivity index (χ1n) is 8.94. The average Bonchev–Trinajstić information content (AvgIpc) is 3.09. The standard InChI is InChI=1S/C21H22N4O/c1-3-8-25(9-4-2)21(26)16-7-5-6-15(10-16)17-11-19-18(12-22)14-24-20(19)23-13-17/h5-7,10-11,13-14H,3-4,8-9H2,1-2H3,(H,23,24). The van der Waals surface area contributed by atoms with E-state index in [4.69, 9.17) is 0 Å². The molecule has 0 unspecified atom stereocenters. The van der Waals surface area contributed by atoms with Crippen LogP contribution < -0.4 is 0 Å². The highest BCUT2D eigenvalue weighted by atomic mass is 16.2. The molecule has 0 aliphatic rings. The van der Waals surface area contributed by atoms with Crippen LogP contribution in [0.4, 0.5) is 0 Å². The Balaban J connectivity index is 1.96. The van der Waals surface area contributed by atoms with E-state index >= 15 is 0 Å². The van der Waals surface area contributed by atoms with Gasteiger partial charge in [-0.1, -0.05) is 26.0 Å². The summed E-state index contributed by atoms with van der Waals surface area (Å²) in [5, 5.41) is 10.0. The highest BCUT2D eigenvalue weighted by molar-refractivity contribution is 5.96. The summed E-state index contributed by atoms with van der Waals surface area (Å²) in [6, 6.07) is 11.7. The Kier molecular flexibility index (Phi) is 5.33. The predicted octanol–water partition coefficient (Wildman–Crippen LogP) is 4.36. The number of nitriles is 1. The molecule has 1 N–H and O–H groups in total. The number of aromatic amines is 1. The summed E-state index contributed by atoms with van der Waals surface area (Å²) in [7, 11) is 0. The van der Waals surface area contributed by atoms with Crippen LogP contribution in [0.5, 0.6) is 0 Å². The van der Waals surface area contributed by atoms with E-state index < -0.39 is 0 Å². The Hall–Kier alpha value is -3.13. The van der Waals surface area contributed by atoms with Gasteiger partial charge in [0.25, 0.3) is 5.91 Å². The number of amides is 1. The quantitative estimate of drug-likeness (QED) is 0.720. The third kappa shape index (κ3) is 3.45. The van der Waals surface area contributed by atoms with Crippen molar-refractivity contribution in [2.75, 3.05) is 13.1 Å². The number of nitrogens with zero attached hydrogens (tertiary/aromatic N) is 3. The molecule has 0 bridgehead atoms. The molecule has 0 atom stereocenters. The van der Waals surface area contributed by atoms with Crippen LogP contribution >= 0.6 is 0 Å². The molecule has 3 rings (SSSR count). The molecular weight excluding hydrogens is 324 g/mol. The number of pyridine rings is 1. The van der Waals surface area contributed by atoms with Gasteiger partial charge in [0, 0.05) is 42.0 Å². The summed E-state index contributed by atoms with van der Waals surface area (Å²) in [6.45, 7) is 5.69. The van der Waals surface area contributed by atoms with E-state index in [-0.39, 0.29) is 5.91 Å². The van der Waals surface area contributed by atoms with Gasteiger partial charge >= 0.3 is 0 Å². The van der Waals surface area contributed by atoms with E-state index in [1.54, 1.807) is 12.4 Å². The third-order valence-electron chi connectivity index (χ3n) is 4.37. The fraction of sp³-hybridized carbons (Fsp3) is 0.286. The Morgan fingerprint density at radius 1 is 1.19 bits per heavy atom. The number of carbonyl (C=O) groups excluding carboxylic acids is 1. The Morgan fingerprint density at radius 3 is 2.65 bits per heavy atom. The van der Waals surface area contributed by atoms with Gasteiger partial charge in [0.15, 0.2) is 0 Å². The number of H-pyrrole nitrogens is 1. The van der Waals surface area contributed by atoms with Crippen molar-refractivity contribution < 1.29 is 4.79 Å². The van der Waals surface area contributed by atoms with Crippen molar-refractivity contribution in [2.45, 2.75) is 26.7 Å². The summed E-state index contributed by atoms with van der Waals surface area (Å²) in [6.07, 6.45) is 5.31. The predicted molar refractivity (Wildman–Crippen MR) is 103 cm³/mol. The van der Waals surface area contributed by atoms with Crippen LogP contribution in [0.15, 0.2) is 42.7 Å². The minimum Gasteiger partial charge on any atom is -0.345 e. The Labute approximate surface area is 153 Å². The first-order chi connectivity index (χ1) is 12.7. The highest BCUT2D eigenvalue weighted by Gasteiger charge is 2.15. The lowest BCUT2D eigenvalue weighted by atomic mass is 10.0. The van der Waals surface area contributed by atoms with Crippen molar-refractivity contribution in [1.29, 1.82) is 5.26 Å². The van der Waals surface area contributed by atoms with E-state index in [2.05, 4.69) is 29.9 Å². The molecule has 2 aromatic heterocycles. The summed E-state index contributed by atoms with van der Waals surface area (Å²) in [4.78, 5) is 22.1. The molecular formula is C21H22N4O. The monoisotopic (exact) mass is 346 g/mol. The van der Waals surface area contributed by atoms with Crippen molar-refractivity contribution in [3.63, 3.8) is 0 Å². The van der Waals surface area contributed by atoms with Gasteiger partial charge in [-0.3, -0.25) is 4.79 Å². The van der Waals surface area contributed by atoms with Crippen LogP contribution in [-0.2, 0) is 0 Å². The van der Waals surface area contributed by atoms with Gasteiger partial charge in [0.05, 0.1) is 5.56 Å². The summed E-state index contributed by atoms with van der Waals surface area (Å²) >= 11 is 0. The fourth-order valence-corrected chi connectivity index (χ4v) is 3.12. The third-order valence-corrected chi connectivity index (χ3v) is 4.37. The van der Waals surface area contributed by atoms with Crippen molar-refractivity contribution in [3.05, 3.63) is 53.9 Å². The average molecular weight is 346 g/mol. The lowest BCUT2D eigenvalue weighted by molar-refractivity contribution is 0.0755. The maximum atomic E-state index is 12.8. The molecule has 1 amide bonds. The van der Waals surface area contributed by atoms with Crippen LogP contribution in [0.2, 0.25) is 0 Å². The van der Waals surface area contributed by atoms with Gasteiger partial charge in [-0.25, -0.2) is 4.98 Å². The number of fused-ring (bicyclic) bond motifs is 1. The van der Waals surface area contributed by atoms with Crippen LogP contribution in [0, 0.1) is 11.3 Å². The van der Waals surface area contributed by atoms with Crippen molar-refractivity contribution in [1.82, 2.24) is 14.9 Å². The molecule has 5 nitrogen and oxygen atoms in total. The Bertz CT molecular complexity index is 962. The molecule has 0 spiro atoms. The second-order valence-corrected chi connectivity index (χ2v) is 6.31. The van der Waals surface area contributed by atoms with E-state index in [1.807, 2.05) is 35.2 Å². The van der Waals surface area contributed by atoms with E-state index in [0.717, 1.165) is 42.4 Å². The smallest absolute Gasteiger partial charge is 0.253 e. The van der Waals surface area contributed by atoms with Crippen LogP contribution in [0.3, 0.4) is 0 Å². The molecule has 132 valence electrons. The number of hydrogen-bond donors (Lipinski definition) is 1. The molecule has 0 aliphatic carbocycles. The molecule has 1 aromatic carbocycles. The van der Waals surface area contributed by atoms with Gasteiger partial charge in [0.2, 0.25) is 0 Å². The zero-order valence-electron chi connectivity index (χ0n) is 15.1. The fourth-order valence-electron chi connectivity index (χ4n) is 3.12.